The fraction of sp³-hybridized carbons (Fsp3) is 0.222. The van der Waals surface area contributed by atoms with E-state index in [0.717, 1.165) is 12.0 Å². The van der Waals surface area contributed by atoms with Crippen LogP contribution in [0.1, 0.15) is 31.7 Å². The van der Waals surface area contributed by atoms with Crippen LogP contribution in [-0.4, -0.2) is 24.4 Å². The number of hydrogen-bond acceptors (Lipinski definition) is 5. The number of ether oxygens (including phenoxy) is 2. The zero-order chi connectivity index (χ0) is 25.9. The van der Waals surface area contributed by atoms with Gasteiger partial charge in [-0.2, -0.15) is 0 Å². The molecule has 0 saturated heterocycles. The number of esters is 1. The Bertz CT molecular complexity index is 1220. The highest BCUT2D eigenvalue weighted by Gasteiger charge is 2.11. The van der Waals surface area contributed by atoms with Gasteiger partial charge >= 0.3 is 5.97 Å². The number of carbonyl (C=O) groups is 3. The van der Waals surface area contributed by atoms with Crippen molar-refractivity contribution in [1.29, 1.82) is 0 Å². The van der Waals surface area contributed by atoms with E-state index in [4.69, 9.17) is 32.7 Å². The topological polar surface area (TPSA) is 93.7 Å². The predicted molar refractivity (Wildman–Crippen MR) is 141 cm³/mol. The molecule has 7 nitrogen and oxygen atoms in total. The number of nitrogens with one attached hydrogen (secondary N) is 2. The zero-order valence-electron chi connectivity index (χ0n) is 19.7. The molecule has 188 valence electrons. The first-order valence-corrected chi connectivity index (χ1v) is 12.2. The van der Waals surface area contributed by atoms with Gasteiger partial charge in [0.25, 0.3) is 5.91 Å². The van der Waals surface area contributed by atoms with Crippen molar-refractivity contribution < 1.29 is 23.9 Å². The number of anilines is 2. The maximum atomic E-state index is 12.2. The standard InChI is InChI=1S/C27H26Cl2N2O5/c1-2-18-6-3-4-7-23(18)31-26(33)17-35-27(34)9-5-8-25(32)30-20-11-13-21(14-12-20)36-24-15-10-19(28)16-22(24)29/h3-4,6-7,10-16H,2,5,8-9,17H2,1H3,(H,30,32)(H,31,33). The number of amides is 2. The van der Waals surface area contributed by atoms with Crippen molar-refractivity contribution in [1.82, 2.24) is 0 Å². The summed E-state index contributed by atoms with van der Waals surface area (Å²) in [6.45, 7) is 1.61. The molecule has 0 atom stereocenters. The van der Waals surface area contributed by atoms with Gasteiger partial charge in [0.05, 0.1) is 5.02 Å². The van der Waals surface area contributed by atoms with E-state index < -0.39 is 11.9 Å². The van der Waals surface area contributed by atoms with E-state index in [1.165, 1.54) is 0 Å². The molecule has 0 bridgehead atoms. The molecule has 2 N–H and O–H groups in total. The van der Waals surface area contributed by atoms with Gasteiger partial charge in [-0.3, -0.25) is 14.4 Å². The minimum Gasteiger partial charge on any atom is -0.456 e. The molecule has 0 heterocycles. The summed E-state index contributed by atoms with van der Waals surface area (Å²) in [5.74, 6) is -0.182. The molecule has 0 saturated carbocycles. The van der Waals surface area contributed by atoms with Crippen molar-refractivity contribution in [2.75, 3.05) is 17.2 Å². The lowest BCUT2D eigenvalue weighted by Gasteiger charge is -2.10. The quantitative estimate of drug-likeness (QED) is 0.272. The van der Waals surface area contributed by atoms with Crippen LogP contribution in [0.2, 0.25) is 10.0 Å². The van der Waals surface area contributed by atoms with Gasteiger partial charge in [0.15, 0.2) is 6.61 Å². The Kier molecular flexibility index (Phi) is 10.2. The third-order valence-corrected chi connectivity index (χ3v) is 5.61. The summed E-state index contributed by atoms with van der Waals surface area (Å²) in [6, 6.07) is 19.2. The number of hydrogen-bond donors (Lipinski definition) is 2. The number of para-hydroxylation sites is 1. The Morgan fingerprint density at radius 3 is 2.33 bits per heavy atom. The molecule has 0 radical (unpaired) electrons. The molecular weight excluding hydrogens is 503 g/mol. The lowest BCUT2D eigenvalue weighted by Crippen LogP contribution is -2.21. The SMILES string of the molecule is CCc1ccccc1NC(=O)COC(=O)CCCC(=O)Nc1ccc(Oc2ccc(Cl)cc2Cl)cc1. The molecule has 0 aliphatic carbocycles. The molecule has 0 spiro atoms. The van der Waals surface area contributed by atoms with Crippen LogP contribution in [-0.2, 0) is 25.5 Å². The molecule has 0 aliphatic rings. The first kappa shape index (κ1) is 27.0. The molecule has 0 unspecified atom stereocenters. The largest absolute Gasteiger partial charge is 0.456 e. The van der Waals surface area contributed by atoms with Crippen molar-refractivity contribution in [3.8, 4) is 11.5 Å². The highest BCUT2D eigenvalue weighted by Crippen LogP contribution is 2.32. The predicted octanol–water partition coefficient (Wildman–Crippen LogP) is 6.64. The normalized spacial score (nSPS) is 10.4. The van der Waals surface area contributed by atoms with E-state index in [9.17, 15) is 14.4 Å². The summed E-state index contributed by atoms with van der Waals surface area (Å²) in [5.41, 5.74) is 2.28. The smallest absolute Gasteiger partial charge is 0.306 e. The summed E-state index contributed by atoms with van der Waals surface area (Å²) in [4.78, 5) is 36.2. The van der Waals surface area contributed by atoms with Crippen molar-refractivity contribution >= 4 is 52.4 Å². The summed E-state index contributed by atoms with van der Waals surface area (Å²) in [5, 5.41) is 6.40. The lowest BCUT2D eigenvalue weighted by molar-refractivity contribution is -0.147. The molecule has 3 aromatic carbocycles. The van der Waals surface area contributed by atoms with Crippen LogP contribution in [0.25, 0.3) is 0 Å². The molecule has 3 aromatic rings. The van der Waals surface area contributed by atoms with E-state index in [0.29, 0.717) is 39.3 Å². The first-order chi connectivity index (χ1) is 17.3. The highest BCUT2D eigenvalue weighted by atomic mass is 35.5. The number of rotatable bonds is 11. The van der Waals surface area contributed by atoms with Gasteiger partial charge in [-0.15, -0.1) is 0 Å². The van der Waals surface area contributed by atoms with Crippen LogP contribution in [0.3, 0.4) is 0 Å². The maximum absolute atomic E-state index is 12.2. The van der Waals surface area contributed by atoms with Crippen molar-refractivity contribution in [2.24, 2.45) is 0 Å². The van der Waals surface area contributed by atoms with Crippen LogP contribution >= 0.6 is 23.2 Å². The lowest BCUT2D eigenvalue weighted by atomic mass is 10.1. The fourth-order valence-corrected chi connectivity index (χ4v) is 3.71. The third-order valence-electron chi connectivity index (χ3n) is 5.08. The second-order valence-electron chi connectivity index (χ2n) is 7.82. The van der Waals surface area contributed by atoms with E-state index in [2.05, 4.69) is 10.6 Å². The Morgan fingerprint density at radius 1 is 0.861 bits per heavy atom. The maximum Gasteiger partial charge on any atom is 0.306 e. The summed E-state index contributed by atoms with van der Waals surface area (Å²) in [6.07, 6.45) is 1.22. The van der Waals surface area contributed by atoms with Gasteiger partial charge < -0.3 is 20.1 Å². The minimum atomic E-state index is -0.538. The Hall–Kier alpha value is -3.55. The third kappa shape index (κ3) is 8.59. The van der Waals surface area contributed by atoms with Gasteiger partial charge in [-0.05, 0) is 66.9 Å². The van der Waals surface area contributed by atoms with Crippen LogP contribution in [0.5, 0.6) is 11.5 Å². The van der Waals surface area contributed by atoms with E-state index in [1.807, 2.05) is 25.1 Å². The fourth-order valence-electron chi connectivity index (χ4n) is 3.26. The zero-order valence-corrected chi connectivity index (χ0v) is 21.2. The van der Waals surface area contributed by atoms with Crippen LogP contribution in [0, 0.1) is 0 Å². The monoisotopic (exact) mass is 528 g/mol. The Labute approximate surface area is 219 Å². The van der Waals surface area contributed by atoms with Gasteiger partial charge in [0, 0.05) is 29.2 Å². The van der Waals surface area contributed by atoms with E-state index in [1.54, 1.807) is 48.5 Å². The average Bonchev–Trinajstić information content (AvgIpc) is 2.86. The van der Waals surface area contributed by atoms with Crippen molar-refractivity contribution in [3.05, 3.63) is 82.3 Å². The molecule has 0 fully saturated rings. The molecule has 2 amide bonds. The van der Waals surface area contributed by atoms with Crippen LogP contribution < -0.4 is 15.4 Å². The molecular formula is C27H26Cl2N2O5. The molecule has 36 heavy (non-hydrogen) atoms. The Balaban J connectivity index is 1.35. The first-order valence-electron chi connectivity index (χ1n) is 11.4. The van der Waals surface area contributed by atoms with Gasteiger partial charge in [-0.25, -0.2) is 0 Å². The second-order valence-corrected chi connectivity index (χ2v) is 8.67. The minimum absolute atomic E-state index is 0.0286. The van der Waals surface area contributed by atoms with Crippen molar-refractivity contribution in [2.45, 2.75) is 32.6 Å². The second kappa shape index (κ2) is 13.5. The number of carbonyl (C=O) groups excluding carboxylic acids is 3. The van der Waals surface area contributed by atoms with Gasteiger partial charge in [0.1, 0.15) is 11.5 Å². The number of aryl methyl sites for hydroxylation is 1. The molecule has 0 aromatic heterocycles. The van der Waals surface area contributed by atoms with Crippen LogP contribution in [0.4, 0.5) is 11.4 Å². The average molecular weight is 529 g/mol. The number of benzene rings is 3. The van der Waals surface area contributed by atoms with Gasteiger partial charge in [0.2, 0.25) is 5.91 Å². The molecule has 3 rings (SSSR count). The molecule has 0 aliphatic heterocycles. The summed E-state index contributed by atoms with van der Waals surface area (Å²) in [7, 11) is 0. The van der Waals surface area contributed by atoms with E-state index in [-0.39, 0.29) is 25.4 Å². The summed E-state index contributed by atoms with van der Waals surface area (Å²) < 4.78 is 10.7. The summed E-state index contributed by atoms with van der Waals surface area (Å²) >= 11 is 12.0. The number of halogens is 2. The highest BCUT2D eigenvalue weighted by molar-refractivity contribution is 6.35. The Morgan fingerprint density at radius 2 is 1.61 bits per heavy atom. The van der Waals surface area contributed by atoms with Gasteiger partial charge in [-0.1, -0.05) is 48.3 Å². The van der Waals surface area contributed by atoms with Crippen LogP contribution in [0.15, 0.2) is 66.7 Å². The molecule has 9 heteroatoms. The van der Waals surface area contributed by atoms with Crippen molar-refractivity contribution in [3.63, 3.8) is 0 Å². The van der Waals surface area contributed by atoms with E-state index >= 15 is 0 Å².